The summed E-state index contributed by atoms with van der Waals surface area (Å²) in [5.41, 5.74) is 6.38. The van der Waals surface area contributed by atoms with Crippen LogP contribution >= 0.6 is 34.0 Å². The van der Waals surface area contributed by atoms with Crippen molar-refractivity contribution in [3.8, 4) is 28.7 Å². The molecule has 5 heterocycles. The van der Waals surface area contributed by atoms with E-state index in [1.807, 2.05) is 101 Å². The Morgan fingerprint density at radius 2 is 1.07 bits per heavy atom. The lowest BCUT2D eigenvalue weighted by Gasteiger charge is -2.22. The number of amides is 3. The van der Waals surface area contributed by atoms with Gasteiger partial charge in [-0.05, 0) is 151 Å². The quantitative estimate of drug-likeness (QED) is 0.0891. The molecule has 0 saturated heterocycles. The van der Waals surface area contributed by atoms with Crippen LogP contribution in [0.1, 0.15) is 56.7 Å². The number of rotatable bonds is 18. The highest BCUT2D eigenvalue weighted by molar-refractivity contribution is 7.10. The molecule has 0 bridgehead atoms. The predicted molar refractivity (Wildman–Crippen MR) is 287 cm³/mol. The molecule has 2 aliphatic carbocycles. The number of H-pyrrole nitrogens is 1. The summed E-state index contributed by atoms with van der Waals surface area (Å²) in [6.45, 7) is 4.66. The number of likely N-dealkylation sites (N-methyl/N-ethyl adjacent to an activating group) is 1. The van der Waals surface area contributed by atoms with Gasteiger partial charge in [0.25, 0.3) is 17.7 Å². The fraction of sp³-hybridized carbons (Fsp3) is 0.263. The summed E-state index contributed by atoms with van der Waals surface area (Å²) in [4.78, 5) is 46.5. The van der Waals surface area contributed by atoms with E-state index < -0.39 is 0 Å². The van der Waals surface area contributed by atoms with Crippen molar-refractivity contribution in [1.29, 1.82) is 0 Å². The number of hydrogen-bond donors (Lipinski definition) is 1. The molecule has 4 aromatic heterocycles. The van der Waals surface area contributed by atoms with Crippen LogP contribution in [0.15, 0.2) is 150 Å². The third-order valence-corrected chi connectivity index (χ3v) is 15.1. The first-order valence-corrected chi connectivity index (χ1v) is 27.0. The summed E-state index contributed by atoms with van der Waals surface area (Å²) in [5, 5.41) is 12.9. The molecule has 4 aromatic carbocycles. The van der Waals surface area contributed by atoms with E-state index in [1.54, 1.807) is 74.3 Å². The zero-order valence-corrected chi connectivity index (χ0v) is 43.1. The summed E-state index contributed by atoms with van der Waals surface area (Å²) in [5.74, 6) is 3.97. The Labute approximate surface area is 437 Å². The molecule has 3 amide bonds. The van der Waals surface area contributed by atoms with Crippen LogP contribution in [-0.4, -0.2) is 66.0 Å². The number of benzene rings is 4. The topological polar surface area (TPSA) is 136 Å². The Kier molecular flexibility index (Phi) is 17.5. The summed E-state index contributed by atoms with van der Waals surface area (Å²) in [6.07, 6.45) is 8.60. The maximum absolute atomic E-state index is 12.8. The van der Waals surface area contributed by atoms with Crippen LogP contribution in [-0.2, 0) is 59.7 Å². The first kappa shape index (κ1) is 50.5. The molecule has 73 heavy (non-hydrogen) atoms. The van der Waals surface area contributed by atoms with Gasteiger partial charge in [-0.2, -0.15) is 5.10 Å². The SMILES string of the molecule is CCN(Cc1cccs1)C(=O)COc1ccc2c(c1)CCC2.O=C(COc1ccc2c(c1)CCC2)N(Cc1cccs1)c1ccn[nH]1.O=C(COc1ccc2c(c1)OCO2)N(Cc1cccs1)c1ccccc1. The van der Waals surface area contributed by atoms with Crippen LogP contribution in [0.4, 0.5) is 11.5 Å². The molecule has 16 heteroatoms. The molecular formula is C57H57N5O8S3. The number of aromatic amines is 1. The Balaban J connectivity index is 0.000000135. The highest BCUT2D eigenvalue weighted by atomic mass is 32.1. The van der Waals surface area contributed by atoms with Gasteiger partial charge in [0.2, 0.25) is 6.79 Å². The number of nitrogens with one attached hydrogen (secondary N) is 1. The molecule has 0 atom stereocenters. The van der Waals surface area contributed by atoms with Crippen molar-refractivity contribution in [1.82, 2.24) is 15.1 Å². The molecule has 1 aliphatic heterocycles. The van der Waals surface area contributed by atoms with E-state index in [4.69, 9.17) is 23.7 Å². The van der Waals surface area contributed by atoms with Crippen LogP contribution in [0.25, 0.3) is 0 Å². The number of aromatic nitrogens is 2. The van der Waals surface area contributed by atoms with Crippen molar-refractivity contribution in [3.05, 3.63) is 187 Å². The van der Waals surface area contributed by atoms with E-state index in [2.05, 4.69) is 40.5 Å². The molecule has 0 unspecified atom stereocenters. The van der Waals surface area contributed by atoms with Gasteiger partial charge in [0.15, 0.2) is 31.3 Å². The van der Waals surface area contributed by atoms with Gasteiger partial charge in [0, 0.05) is 39.0 Å². The van der Waals surface area contributed by atoms with E-state index in [0.29, 0.717) is 49.2 Å². The number of carbonyl (C=O) groups is 3. The van der Waals surface area contributed by atoms with Crippen molar-refractivity contribution >= 4 is 63.2 Å². The Morgan fingerprint density at radius 1 is 0.548 bits per heavy atom. The number of anilines is 2. The van der Waals surface area contributed by atoms with Crippen molar-refractivity contribution in [2.45, 2.75) is 65.1 Å². The van der Waals surface area contributed by atoms with Crippen LogP contribution in [0.5, 0.6) is 28.7 Å². The lowest BCUT2D eigenvalue weighted by molar-refractivity contribution is -0.133. The van der Waals surface area contributed by atoms with Gasteiger partial charge in [-0.25, -0.2) is 0 Å². The number of aryl methyl sites for hydroxylation is 4. The number of carbonyl (C=O) groups excluding carboxylic acids is 3. The van der Waals surface area contributed by atoms with Gasteiger partial charge < -0.3 is 33.5 Å². The van der Waals surface area contributed by atoms with Crippen LogP contribution in [0, 0.1) is 0 Å². The van der Waals surface area contributed by atoms with Crippen LogP contribution in [0.2, 0.25) is 0 Å². The molecule has 13 nitrogen and oxygen atoms in total. The minimum absolute atomic E-state index is 0.00316. The summed E-state index contributed by atoms with van der Waals surface area (Å²) < 4.78 is 27.8. The monoisotopic (exact) mass is 1040 g/mol. The van der Waals surface area contributed by atoms with Gasteiger partial charge >= 0.3 is 0 Å². The van der Waals surface area contributed by atoms with Crippen molar-refractivity contribution < 1.29 is 38.1 Å². The summed E-state index contributed by atoms with van der Waals surface area (Å²) in [7, 11) is 0. The number of thiophene rings is 3. The lowest BCUT2D eigenvalue weighted by Crippen LogP contribution is -2.34. The number of nitrogens with zero attached hydrogens (tertiary/aromatic N) is 4. The second kappa shape index (κ2) is 25.3. The lowest BCUT2D eigenvalue weighted by atomic mass is 10.1. The average molecular weight is 1040 g/mol. The maximum Gasteiger partial charge on any atom is 0.266 e. The predicted octanol–water partition coefficient (Wildman–Crippen LogP) is 11.3. The van der Waals surface area contributed by atoms with E-state index in [1.165, 1.54) is 46.4 Å². The van der Waals surface area contributed by atoms with Gasteiger partial charge in [-0.1, -0.05) is 48.5 Å². The van der Waals surface area contributed by atoms with Crippen LogP contribution in [0.3, 0.4) is 0 Å². The van der Waals surface area contributed by atoms with E-state index in [-0.39, 0.29) is 44.3 Å². The Bertz CT molecular complexity index is 3000. The fourth-order valence-corrected chi connectivity index (χ4v) is 10.8. The first-order valence-electron chi connectivity index (χ1n) is 24.4. The van der Waals surface area contributed by atoms with E-state index in [0.717, 1.165) is 46.2 Å². The molecule has 0 radical (unpaired) electrons. The molecule has 8 aromatic rings. The normalized spacial score (nSPS) is 12.6. The number of ether oxygens (including phenoxy) is 5. The highest BCUT2D eigenvalue weighted by Crippen LogP contribution is 2.35. The number of hydrogen-bond acceptors (Lipinski definition) is 12. The number of para-hydroxylation sites is 1. The molecule has 376 valence electrons. The molecular weight excluding hydrogens is 979 g/mol. The third kappa shape index (κ3) is 14.0. The summed E-state index contributed by atoms with van der Waals surface area (Å²) in [6, 6.07) is 41.1. The van der Waals surface area contributed by atoms with Gasteiger partial charge in [-0.3, -0.25) is 24.4 Å². The van der Waals surface area contributed by atoms with Crippen LogP contribution < -0.4 is 33.5 Å². The fourth-order valence-electron chi connectivity index (χ4n) is 8.65. The maximum atomic E-state index is 12.8. The number of fused-ring (bicyclic) bond motifs is 3. The van der Waals surface area contributed by atoms with Crippen molar-refractivity contribution in [3.63, 3.8) is 0 Å². The first-order chi connectivity index (χ1) is 35.8. The van der Waals surface area contributed by atoms with E-state index in [9.17, 15) is 14.4 Å². The second-order valence-electron chi connectivity index (χ2n) is 17.3. The molecule has 1 N–H and O–H groups in total. The standard InChI is InChI=1S/C20H17NO4S.C19H19N3O2S.C18H21NO2S/c22-20(13-23-16-8-9-18-19(11-16)25-14-24-18)21(12-17-7-4-10-26-17)15-5-2-1-3-6-15;23-19(13-24-16-7-6-14-3-1-4-15(14)11-16)22(18-8-9-20-21-18)12-17-5-2-10-25-17;1-2-19(12-17-7-4-10-22-17)18(20)13-21-16-9-8-14-5-3-6-15(14)11-16/h1-11H,12-14H2;2,5-11H,1,3-4,12-13H2,(H,20,21);4,7-11H,2-3,5-6,12-13H2,1H3. The molecule has 0 saturated carbocycles. The second-order valence-corrected chi connectivity index (χ2v) is 20.4. The molecule has 0 fully saturated rings. The van der Waals surface area contributed by atoms with Gasteiger partial charge in [0.1, 0.15) is 23.1 Å². The zero-order chi connectivity index (χ0) is 50.2. The van der Waals surface area contributed by atoms with Crippen molar-refractivity contribution in [2.24, 2.45) is 0 Å². The zero-order valence-electron chi connectivity index (χ0n) is 40.6. The summed E-state index contributed by atoms with van der Waals surface area (Å²) >= 11 is 4.93. The molecule has 0 spiro atoms. The van der Waals surface area contributed by atoms with Gasteiger partial charge in [-0.15, -0.1) is 34.0 Å². The Morgan fingerprint density at radius 3 is 1.63 bits per heavy atom. The molecule has 3 aliphatic rings. The van der Waals surface area contributed by atoms with Gasteiger partial charge in [0.05, 0.1) is 25.8 Å². The Hall–Kier alpha value is -7.40. The minimum atomic E-state index is -0.109. The third-order valence-electron chi connectivity index (χ3n) is 12.5. The largest absolute Gasteiger partial charge is 0.484 e. The molecule has 11 rings (SSSR count). The smallest absolute Gasteiger partial charge is 0.266 e. The highest BCUT2D eigenvalue weighted by Gasteiger charge is 2.22. The van der Waals surface area contributed by atoms with E-state index >= 15 is 0 Å². The average Bonchev–Trinajstić information content (AvgIpc) is 4.28. The minimum Gasteiger partial charge on any atom is -0.484 e. The van der Waals surface area contributed by atoms with Crippen molar-refractivity contribution in [2.75, 3.05) is 43.0 Å².